The lowest BCUT2D eigenvalue weighted by molar-refractivity contribution is -0.112. The van der Waals surface area contributed by atoms with Gasteiger partial charge in [0.15, 0.2) is 11.5 Å². The van der Waals surface area contributed by atoms with Crippen molar-refractivity contribution in [3.05, 3.63) is 93.8 Å². The van der Waals surface area contributed by atoms with Crippen LogP contribution in [0.25, 0.3) is 6.08 Å². The summed E-state index contributed by atoms with van der Waals surface area (Å²) in [6.45, 7) is 4.25. The van der Waals surface area contributed by atoms with Gasteiger partial charge in [-0.15, -0.1) is 0 Å². The Hall–Kier alpha value is -3.82. The van der Waals surface area contributed by atoms with Crippen molar-refractivity contribution in [3.63, 3.8) is 0 Å². The van der Waals surface area contributed by atoms with Crippen LogP contribution in [0, 0.1) is 24.1 Å². The molecule has 0 fully saturated rings. The zero-order valence-corrected chi connectivity index (χ0v) is 18.9. The third-order valence-corrected chi connectivity index (χ3v) is 4.86. The molecule has 0 unspecified atom stereocenters. The molecule has 0 radical (unpaired) electrons. The summed E-state index contributed by atoms with van der Waals surface area (Å²) in [4.78, 5) is 12.6. The number of hydrogen-bond acceptors (Lipinski definition) is 4. The van der Waals surface area contributed by atoms with E-state index >= 15 is 0 Å². The smallest absolute Gasteiger partial charge is 0.266 e. The molecule has 0 aliphatic rings. The number of amides is 1. The van der Waals surface area contributed by atoms with Gasteiger partial charge in [-0.3, -0.25) is 4.79 Å². The maximum Gasteiger partial charge on any atom is 0.266 e. The van der Waals surface area contributed by atoms with E-state index in [1.54, 1.807) is 30.3 Å². The normalized spacial score (nSPS) is 10.9. The van der Waals surface area contributed by atoms with Gasteiger partial charge in [0.2, 0.25) is 0 Å². The van der Waals surface area contributed by atoms with Crippen molar-refractivity contribution in [2.75, 3.05) is 11.9 Å². The van der Waals surface area contributed by atoms with E-state index in [2.05, 4.69) is 5.32 Å². The number of aryl methyl sites for hydroxylation is 1. The molecule has 168 valence electrons. The fraction of sp³-hybridized carbons (Fsp3) is 0.154. The Labute approximate surface area is 197 Å². The lowest BCUT2D eigenvalue weighted by atomic mass is 10.1. The summed E-state index contributed by atoms with van der Waals surface area (Å²) in [6.07, 6.45) is 1.43. The number of nitrogens with one attached hydrogen (secondary N) is 1. The number of carbonyl (C=O) groups is 1. The fourth-order valence-corrected chi connectivity index (χ4v) is 3.32. The Morgan fingerprint density at radius 3 is 2.58 bits per heavy atom. The zero-order valence-electron chi connectivity index (χ0n) is 18.2. The Balaban J connectivity index is 1.84. The first-order valence-electron chi connectivity index (χ1n) is 10.2. The second-order valence-corrected chi connectivity index (χ2v) is 7.58. The summed E-state index contributed by atoms with van der Waals surface area (Å²) in [5, 5.41) is 12.5. The topological polar surface area (TPSA) is 71.3 Å². The molecule has 0 aromatic heterocycles. The van der Waals surface area contributed by atoms with Crippen LogP contribution in [0.5, 0.6) is 11.5 Å². The van der Waals surface area contributed by atoms with E-state index in [1.807, 2.05) is 38.1 Å². The number of rotatable bonds is 8. The Morgan fingerprint density at radius 2 is 1.91 bits per heavy atom. The average Bonchev–Trinajstić information content (AvgIpc) is 2.78. The Morgan fingerprint density at radius 1 is 1.15 bits per heavy atom. The number of hydrogen-bond donors (Lipinski definition) is 1. The molecule has 3 aromatic rings. The molecule has 0 heterocycles. The molecule has 7 heteroatoms. The number of nitriles is 1. The van der Waals surface area contributed by atoms with Gasteiger partial charge < -0.3 is 14.8 Å². The largest absolute Gasteiger partial charge is 0.490 e. The van der Waals surface area contributed by atoms with Crippen LogP contribution in [0.3, 0.4) is 0 Å². The van der Waals surface area contributed by atoms with Crippen LogP contribution >= 0.6 is 11.6 Å². The molecule has 0 saturated heterocycles. The van der Waals surface area contributed by atoms with Crippen LogP contribution in [0.4, 0.5) is 10.1 Å². The predicted molar refractivity (Wildman–Crippen MR) is 127 cm³/mol. The number of benzene rings is 3. The molecule has 0 spiro atoms. The summed E-state index contributed by atoms with van der Waals surface area (Å²) in [6, 6.07) is 18.4. The molecular weight excluding hydrogens is 443 g/mol. The number of anilines is 1. The minimum Gasteiger partial charge on any atom is -0.490 e. The number of carbonyl (C=O) groups excluding carboxylic acids is 1. The van der Waals surface area contributed by atoms with Crippen molar-refractivity contribution in [1.29, 1.82) is 5.26 Å². The summed E-state index contributed by atoms with van der Waals surface area (Å²) < 4.78 is 24.6. The summed E-state index contributed by atoms with van der Waals surface area (Å²) in [5.41, 5.74) is 2.76. The molecule has 3 rings (SSSR count). The Bertz CT molecular complexity index is 1220. The van der Waals surface area contributed by atoms with Crippen molar-refractivity contribution in [2.45, 2.75) is 20.5 Å². The van der Waals surface area contributed by atoms with Crippen LogP contribution in [-0.2, 0) is 11.4 Å². The molecule has 0 bridgehead atoms. The van der Waals surface area contributed by atoms with Crippen molar-refractivity contribution in [2.24, 2.45) is 0 Å². The highest BCUT2D eigenvalue weighted by Gasteiger charge is 2.15. The summed E-state index contributed by atoms with van der Waals surface area (Å²) in [7, 11) is 0. The molecular formula is C26H22ClFN2O3. The van der Waals surface area contributed by atoms with Gasteiger partial charge in [0.05, 0.1) is 11.6 Å². The monoisotopic (exact) mass is 464 g/mol. The molecule has 33 heavy (non-hydrogen) atoms. The van der Waals surface area contributed by atoms with E-state index in [1.165, 1.54) is 18.2 Å². The number of ether oxygens (including phenoxy) is 2. The first kappa shape index (κ1) is 23.8. The number of nitrogens with zero attached hydrogens (tertiary/aromatic N) is 1. The third kappa shape index (κ3) is 6.58. The second kappa shape index (κ2) is 11.2. The Kier molecular flexibility index (Phi) is 8.06. The highest BCUT2D eigenvalue weighted by atomic mass is 35.5. The minimum atomic E-state index is -0.534. The highest BCUT2D eigenvalue weighted by molar-refractivity contribution is 6.32. The third-order valence-electron chi connectivity index (χ3n) is 4.58. The molecule has 0 aliphatic heterocycles. The number of halogens is 2. The molecule has 0 saturated carbocycles. The van der Waals surface area contributed by atoms with Gasteiger partial charge in [-0.2, -0.15) is 5.26 Å². The van der Waals surface area contributed by atoms with Gasteiger partial charge in [-0.25, -0.2) is 4.39 Å². The van der Waals surface area contributed by atoms with Crippen LogP contribution < -0.4 is 14.8 Å². The summed E-state index contributed by atoms with van der Waals surface area (Å²) in [5.74, 6) is -0.172. The van der Waals surface area contributed by atoms with Crippen molar-refractivity contribution in [1.82, 2.24) is 0 Å². The SMILES string of the molecule is CCOc1cc(/C=C(\C#N)C(=O)Nc2cccc(C)c2)cc(Cl)c1OCc1ccc(F)cc1. The van der Waals surface area contributed by atoms with Gasteiger partial charge in [0, 0.05) is 5.69 Å². The predicted octanol–water partition coefficient (Wildman–Crippen LogP) is 6.31. The van der Waals surface area contributed by atoms with E-state index < -0.39 is 5.91 Å². The van der Waals surface area contributed by atoms with Gasteiger partial charge in [-0.05, 0) is 73.0 Å². The highest BCUT2D eigenvalue weighted by Crippen LogP contribution is 2.38. The molecule has 1 N–H and O–H groups in total. The van der Waals surface area contributed by atoms with Crippen LogP contribution in [0.1, 0.15) is 23.6 Å². The lowest BCUT2D eigenvalue weighted by Crippen LogP contribution is -2.13. The van der Waals surface area contributed by atoms with E-state index in [-0.39, 0.29) is 23.0 Å². The van der Waals surface area contributed by atoms with Gasteiger partial charge >= 0.3 is 0 Å². The van der Waals surface area contributed by atoms with Crippen LogP contribution in [0.15, 0.2) is 66.2 Å². The first-order chi connectivity index (χ1) is 15.9. The molecule has 0 atom stereocenters. The van der Waals surface area contributed by atoms with E-state index in [0.29, 0.717) is 29.4 Å². The van der Waals surface area contributed by atoms with E-state index in [9.17, 15) is 14.4 Å². The first-order valence-corrected chi connectivity index (χ1v) is 10.6. The molecule has 5 nitrogen and oxygen atoms in total. The van der Waals surface area contributed by atoms with Crippen LogP contribution in [-0.4, -0.2) is 12.5 Å². The van der Waals surface area contributed by atoms with Gasteiger partial charge in [-0.1, -0.05) is 35.9 Å². The maximum atomic E-state index is 13.1. The summed E-state index contributed by atoms with van der Waals surface area (Å²) >= 11 is 6.44. The minimum absolute atomic E-state index is 0.0880. The van der Waals surface area contributed by atoms with E-state index in [0.717, 1.165) is 11.1 Å². The van der Waals surface area contributed by atoms with Crippen molar-refractivity contribution < 1.29 is 18.7 Å². The molecule has 3 aromatic carbocycles. The van der Waals surface area contributed by atoms with Crippen molar-refractivity contribution in [3.8, 4) is 17.6 Å². The average molecular weight is 465 g/mol. The molecule has 0 aliphatic carbocycles. The second-order valence-electron chi connectivity index (χ2n) is 7.17. The lowest BCUT2D eigenvalue weighted by Gasteiger charge is -2.15. The zero-order chi connectivity index (χ0) is 23.8. The van der Waals surface area contributed by atoms with Crippen molar-refractivity contribution >= 4 is 29.3 Å². The standard InChI is InChI=1S/C26H22ClFN2O3/c1-3-32-24-14-19(12-20(15-29)26(31)30-22-6-4-5-17(2)11-22)13-23(27)25(24)33-16-18-7-9-21(28)10-8-18/h4-14H,3,16H2,1-2H3,(H,30,31)/b20-12+. The fourth-order valence-electron chi connectivity index (χ4n) is 3.05. The van der Waals surface area contributed by atoms with Crippen LogP contribution in [0.2, 0.25) is 5.02 Å². The quantitative estimate of drug-likeness (QED) is 0.313. The maximum absolute atomic E-state index is 13.1. The van der Waals surface area contributed by atoms with Gasteiger partial charge in [0.1, 0.15) is 24.1 Å². The van der Waals surface area contributed by atoms with E-state index in [4.69, 9.17) is 21.1 Å². The molecule has 1 amide bonds. The van der Waals surface area contributed by atoms with Gasteiger partial charge in [0.25, 0.3) is 5.91 Å².